The second kappa shape index (κ2) is 9.68. The van der Waals surface area contributed by atoms with Gasteiger partial charge in [-0.25, -0.2) is 4.79 Å². The van der Waals surface area contributed by atoms with E-state index >= 15 is 0 Å². The van der Waals surface area contributed by atoms with Gasteiger partial charge in [0.1, 0.15) is 12.2 Å². The molecule has 1 saturated heterocycles. The molecule has 1 aromatic rings. The summed E-state index contributed by atoms with van der Waals surface area (Å²) in [5.41, 5.74) is -3.03. The van der Waals surface area contributed by atoms with Crippen LogP contribution in [-0.4, -0.2) is 47.6 Å². The molecule has 9 nitrogen and oxygen atoms in total. The average Bonchev–Trinajstić information content (AvgIpc) is 3.46. The summed E-state index contributed by atoms with van der Waals surface area (Å²) in [5.74, 6) is -3.31. The largest absolute Gasteiger partial charge is 0.472 e. The van der Waals surface area contributed by atoms with Gasteiger partial charge in [0, 0.05) is 33.8 Å². The number of ether oxygens (including phenoxy) is 3. The fraction of sp³-hybridized carbons (Fsp3) is 0.625. The molecule has 2 bridgehead atoms. The molecule has 1 aliphatic heterocycles. The Hall–Kier alpha value is -3.20. The summed E-state index contributed by atoms with van der Waals surface area (Å²) in [6, 6.07) is 1.79. The molecule has 1 N–H and O–H groups in total. The monoisotopic (exact) mass is 568 g/mol. The van der Waals surface area contributed by atoms with Crippen molar-refractivity contribution < 1.29 is 42.9 Å². The molecule has 0 spiro atoms. The van der Waals surface area contributed by atoms with Crippen molar-refractivity contribution in [2.75, 3.05) is 7.11 Å². The SMILES string of the molecule is C/C=C(\C)C(=O)O[C@H]1C(C)(C)[C@H](CC(=O)OC)[C@]2(C)C(=O)[C@@]1(O)C=C1C3CC(=O)O[C@@H](c4ccoc4)[C@]3(C)CC[C@@H]12. The maximum absolute atomic E-state index is 14.5. The second-order valence-corrected chi connectivity index (χ2v) is 13.3. The van der Waals surface area contributed by atoms with Crippen molar-refractivity contribution >= 4 is 23.7 Å². The van der Waals surface area contributed by atoms with Crippen LogP contribution >= 0.6 is 0 Å². The van der Waals surface area contributed by atoms with Gasteiger partial charge in [-0.15, -0.1) is 0 Å². The van der Waals surface area contributed by atoms with Crippen molar-refractivity contribution in [3.63, 3.8) is 0 Å². The van der Waals surface area contributed by atoms with Gasteiger partial charge in [0.2, 0.25) is 0 Å². The Kier molecular flexibility index (Phi) is 6.92. The number of ketones is 1. The average molecular weight is 569 g/mol. The van der Waals surface area contributed by atoms with Crippen LogP contribution in [0.5, 0.6) is 0 Å². The summed E-state index contributed by atoms with van der Waals surface area (Å²) in [5, 5.41) is 12.4. The van der Waals surface area contributed by atoms with Gasteiger partial charge in [-0.3, -0.25) is 14.4 Å². The third kappa shape index (κ3) is 4.06. The number of aliphatic hydroxyl groups is 1. The number of Topliss-reactive ketones (excluding diaryl/α,β-unsaturated/α-hetero) is 1. The summed E-state index contributed by atoms with van der Waals surface area (Å²) in [6.45, 7) is 10.9. The first-order chi connectivity index (χ1) is 19.2. The van der Waals surface area contributed by atoms with Gasteiger partial charge in [0.05, 0.1) is 26.1 Å². The summed E-state index contributed by atoms with van der Waals surface area (Å²) in [6.07, 6.45) is 5.67. The molecule has 1 unspecified atom stereocenters. The molecule has 3 fully saturated rings. The lowest BCUT2D eigenvalue weighted by molar-refractivity contribution is -0.223. The number of carbonyl (C=O) groups excluding carboxylic acids is 4. The smallest absolute Gasteiger partial charge is 0.333 e. The number of cyclic esters (lactones) is 1. The molecule has 0 amide bonds. The number of rotatable bonds is 5. The highest BCUT2D eigenvalue weighted by molar-refractivity contribution is 5.99. The van der Waals surface area contributed by atoms with Crippen LogP contribution < -0.4 is 0 Å². The Balaban J connectivity index is 1.71. The van der Waals surface area contributed by atoms with Gasteiger partial charge in [-0.1, -0.05) is 39.3 Å². The zero-order valence-electron chi connectivity index (χ0n) is 24.8. The standard InChI is InChI=1S/C32H40O9/c1-8-17(2)26(35)41-28-29(3,4)22(14-23(33)38-7)31(6)20-9-11-30(5)21(19(20)15-32(28,37)27(31)36)13-24(34)40-25(30)18-10-12-39-16-18/h8,10,12,15-16,20-22,25,28,37H,9,11,13-14H2,1-7H3/b17-8+/t20-,21?,22-,25-,28-,30+,31+,32-/m0/s1. The fourth-order valence-corrected chi connectivity index (χ4v) is 8.60. The first kappa shape index (κ1) is 29.3. The number of allylic oxidation sites excluding steroid dienone is 2. The highest BCUT2D eigenvalue weighted by atomic mass is 16.6. The number of fused-ring (bicyclic) bond motifs is 6. The van der Waals surface area contributed by atoms with E-state index in [0.717, 1.165) is 11.1 Å². The maximum Gasteiger partial charge on any atom is 0.333 e. The Morgan fingerprint density at radius 1 is 1.17 bits per heavy atom. The number of hydrogen-bond donors (Lipinski definition) is 1. The molecule has 9 heteroatoms. The fourth-order valence-electron chi connectivity index (χ4n) is 8.60. The first-order valence-corrected chi connectivity index (χ1v) is 14.3. The lowest BCUT2D eigenvalue weighted by Crippen LogP contribution is -2.74. The molecule has 8 atom stereocenters. The molecule has 3 aliphatic carbocycles. The summed E-state index contributed by atoms with van der Waals surface area (Å²) in [7, 11) is 1.30. The van der Waals surface area contributed by atoms with Gasteiger partial charge in [0.25, 0.3) is 0 Å². The van der Waals surface area contributed by atoms with Crippen LogP contribution in [-0.2, 0) is 33.4 Å². The number of furan rings is 1. The molecular weight excluding hydrogens is 528 g/mol. The van der Waals surface area contributed by atoms with E-state index in [1.807, 2.05) is 20.8 Å². The molecule has 0 aromatic carbocycles. The lowest BCUT2D eigenvalue weighted by atomic mass is 9.39. The highest BCUT2D eigenvalue weighted by Crippen LogP contribution is 2.69. The van der Waals surface area contributed by atoms with E-state index < -0.39 is 57.7 Å². The van der Waals surface area contributed by atoms with Crippen molar-refractivity contribution in [2.45, 2.75) is 85.0 Å². The molecular formula is C32H40O9. The molecule has 4 aliphatic rings. The van der Waals surface area contributed by atoms with Crippen molar-refractivity contribution in [1.82, 2.24) is 0 Å². The van der Waals surface area contributed by atoms with Crippen LogP contribution in [0.3, 0.4) is 0 Å². The summed E-state index contributed by atoms with van der Waals surface area (Å²) >= 11 is 0. The molecule has 5 rings (SSSR count). The molecule has 2 heterocycles. The molecule has 0 radical (unpaired) electrons. The van der Waals surface area contributed by atoms with Crippen LogP contribution in [0.4, 0.5) is 0 Å². The van der Waals surface area contributed by atoms with Crippen LogP contribution in [0.1, 0.15) is 78.9 Å². The van der Waals surface area contributed by atoms with Gasteiger partial charge < -0.3 is 23.7 Å². The van der Waals surface area contributed by atoms with Gasteiger partial charge >= 0.3 is 17.9 Å². The van der Waals surface area contributed by atoms with E-state index in [1.165, 1.54) is 7.11 Å². The third-order valence-corrected chi connectivity index (χ3v) is 10.9. The van der Waals surface area contributed by atoms with E-state index in [0.29, 0.717) is 18.4 Å². The Labute approximate surface area is 240 Å². The van der Waals surface area contributed by atoms with Crippen LogP contribution in [0.15, 0.2) is 46.3 Å². The second-order valence-electron chi connectivity index (χ2n) is 13.3. The van der Waals surface area contributed by atoms with E-state index in [-0.39, 0.29) is 30.6 Å². The molecule has 41 heavy (non-hydrogen) atoms. The minimum atomic E-state index is -2.16. The summed E-state index contributed by atoms with van der Waals surface area (Å²) in [4.78, 5) is 53.4. The number of esters is 3. The first-order valence-electron chi connectivity index (χ1n) is 14.3. The highest BCUT2D eigenvalue weighted by Gasteiger charge is 2.73. The minimum absolute atomic E-state index is 0.0841. The zero-order chi connectivity index (χ0) is 30.1. The van der Waals surface area contributed by atoms with Crippen LogP contribution in [0.2, 0.25) is 0 Å². The third-order valence-electron chi connectivity index (χ3n) is 10.9. The van der Waals surface area contributed by atoms with Crippen LogP contribution in [0, 0.1) is 34.0 Å². The lowest BCUT2D eigenvalue weighted by Gasteiger charge is -2.65. The Morgan fingerprint density at radius 3 is 2.49 bits per heavy atom. The predicted octanol–water partition coefficient (Wildman–Crippen LogP) is 4.64. The van der Waals surface area contributed by atoms with Crippen molar-refractivity contribution in [2.24, 2.45) is 34.0 Å². The van der Waals surface area contributed by atoms with E-state index in [2.05, 4.69) is 6.92 Å². The van der Waals surface area contributed by atoms with E-state index in [4.69, 9.17) is 18.6 Å². The zero-order valence-corrected chi connectivity index (χ0v) is 24.8. The van der Waals surface area contributed by atoms with Gasteiger partial charge in [0.15, 0.2) is 11.4 Å². The van der Waals surface area contributed by atoms with Crippen molar-refractivity contribution in [3.8, 4) is 0 Å². The van der Waals surface area contributed by atoms with E-state index in [1.54, 1.807) is 44.6 Å². The molecule has 222 valence electrons. The predicted molar refractivity (Wildman–Crippen MR) is 146 cm³/mol. The molecule has 1 aromatic heterocycles. The number of methoxy groups -OCH3 is 1. The quantitative estimate of drug-likeness (QED) is 0.234. The summed E-state index contributed by atoms with van der Waals surface area (Å²) < 4.78 is 22.2. The molecule has 2 saturated carbocycles. The van der Waals surface area contributed by atoms with Crippen molar-refractivity contribution in [1.29, 1.82) is 0 Å². The number of carbonyl (C=O) groups is 4. The number of hydrogen-bond acceptors (Lipinski definition) is 9. The van der Waals surface area contributed by atoms with Crippen molar-refractivity contribution in [3.05, 3.63) is 47.5 Å². The maximum atomic E-state index is 14.5. The van der Waals surface area contributed by atoms with Crippen LogP contribution in [0.25, 0.3) is 0 Å². The Bertz CT molecular complexity index is 1340. The van der Waals surface area contributed by atoms with Gasteiger partial charge in [-0.2, -0.15) is 0 Å². The van der Waals surface area contributed by atoms with Gasteiger partial charge in [-0.05, 0) is 56.6 Å². The topological polar surface area (TPSA) is 129 Å². The normalized spacial score (nSPS) is 39.6. The minimum Gasteiger partial charge on any atom is -0.472 e. The Morgan fingerprint density at radius 2 is 1.88 bits per heavy atom. The van der Waals surface area contributed by atoms with E-state index in [9.17, 15) is 24.3 Å².